The summed E-state index contributed by atoms with van der Waals surface area (Å²) in [7, 11) is 0. The molecule has 0 unspecified atom stereocenters. The second-order valence-corrected chi connectivity index (χ2v) is 8.04. The van der Waals surface area contributed by atoms with E-state index in [-0.39, 0.29) is 30.9 Å². The summed E-state index contributed by atoms with van der Waals surface area (Å²) in [5.74, 6) is -0.287. The van der Waals surface area contributed by atoms with Crippen LogP contribution in [0.5, 0.6) is 0 Å². The number of hydrogen-bond acceptors (Lipinski definition) is 4. The molecular formula is C20H30F3N3O3. The van der Waals surface area contributed by atoms with Gasteiger partial charge in [0.2, 0.25) is 0 Å². The second-order valence-electron chi connectivity index (χ2n) is 8.04. The van der Waals surface area contributed by atoms with Crippen LogP contribution in [-0.4, -0.2) is 53.8 Å². The van der Waals surface area contributed by atoms with Gasteiger partial charge in [0, 0.05) is 32.7 Å². The number of halogens is 3. The van der Waals surface area contributed by atoms with Crippen LogP contribution in [0.4, 0.5) is 13.2 Å². The lowest BCUT2D eigenvalue weighted by Gasteiger charge is -2.35. The summed E-state index contributed by atoms with van der Waals surface area (Å²) in [6, 6.07) is 1.77. The molecule has 29 heavy (non-hydrogen) atoms. The van der Waals surface area contributed by atoms with Crippen molar-refractivity contribution in [2.45, 2.75) is 59.0 Å². The first-order valence-corrected chi connectivity index (χ1v) is 9.96. The van der Waals surface area contributed by atoms with Crippen molar-refractivity contribution >= 4 is 5.91 Å². The highest BCUT2D eigenvalue weighted by atomic mass is 19.4. The SMILES string of the molecule is CC(C)CCNC(=O)c1ccc(C(F)(F)F)n(CCN2C[C@@H](C)O[C@H](C)C2)c1=O. The Morgan fingerprint density at radius 1 is 1.21 bits per heavy atom. The van der Waals surface area contributed by atoms with Crippen molar-refractivity contribution in [3.05, 3.63) is 33.7 Å². The number of amides is 1. The number of pyridine rings is 1. The van der Waals surface area contributed by atoms with E-state index >= 15 is 0 Å². The van der Waals surface area contributed by atoms with Gasteiger partial charge in [-0.05, 0) is 38.3 Å². The van der Waals surface area contributed by atoms with Gasteiger partial charge in [0.05, 0.1) is 12.2 Å². The van der Waals surface area contributed by atoms with Gasteiger partial charge in [-0.2, -0.15) is 13.2 Å². The van der Waals surface area contributed by atoms with Crippen molar-refractivity contribution in [1.29, 1.82) is 0 Å². The Morgan fingerprint density at radius 2 is 1.83 bits per heavy atom. The van der Waals surface area contributed by atoms with Crippen molar-refractivity contribution in [2.24, 2.45) is 5.92 Å². The molecule has 1 N–H and O–H groups in total. The summed E-state index contributed by atoms with van der Waals surface area (Å²) in [5, 5.41) is 2.61. The molecule has 0 saturated carbocycles. The normalized spacial score (nSPS) is 20.8. The molecule has 0 bridgehead atoms. The summed E-state index contributed by atoms with van der Waals surface area (Å²) in [5.41, 5.74) is -2.24. The molecule has 1 saturated heterocycles. The number of aromatic nitrogens is 1. The molecule has 1 aromatic heterocycles. The summed E-state index contributed by atoms with van der Waals surface area (Å²) < 4.78 is 46.6. The highest BCUT2D eigenvalue weighted by Gasteiger charge is 2.35. The lowest BCUT2D eigenvalue weighted by molar-refractivity contribution is -0.144. The third-order valence-corrected chi connectivity index (χ3v) is 4.85. The van der Waals surface area contributed by atoms with Crippen LogP contribution in [0.1, 0.15) is 50.2 Å². The quantitative estimate of drug-likeness (QED) is 0.741. The molecule has 1 fully saturated rings. The Labute approximate surface area is 169 Å². The first kappa shape index (κ1) is 23.4. The Hall–Kier alpha value is -1.87. The number of alkyl halides is 3. The minimum atomic E-state index is -4.68. The van der Waals surface area contributed by atoms with Crippen molar-refractivity contribution in [3.63, 3.8) is 0 Å². The van der Waals surface area contributed by atoms with Gasteiger partial charge in [0.1, 0.15) is 11.3 Å². The van der Waals surface area contributed by atoms with E-state index in [1.165, 1.54) is 0 Å². The van der Waals surface area contributed by atoms with Crippen LogP contribution in [0, 0.1) is 5.92 Å². The predicted molar refractivity (Wildman–Crippen MR) is 104 cm³/mol. The van der Waals surface area contributed by atoms with Crippen molar-refractivity contribution < 1.29 is 22.7 Å². The molecule has 0 aliphatic carbocycles. The van der Waals surface area contributed by atoms with E-state index in [2.05, 4.69) is 5.32 Å². The van der Waals surface area contributed by atoms with Crippen LogP contribution < -0.4 is 10.9 Å². The third kappa shape index (κ3) is 6.57. The summed E-state index contributed by atoms with van der Waals surface area (Å²) >= 11 is 0. The van der Waals surface area contributed by atoms with E-state index in [0.717, 1.165) is 12.1 Å². The Morgan fingerprint density at radius 3 is 2.38 bits per heavy atom. The smallest absolute Gasteiger partial charge is 0.373 e. The molecule has 0 radical (unpaired) electrons. The molecule has 1 aliphatic rings. The molecule has 1 aromatic rings. The average molecular weight is 417 g/mol. The molecule has 0 aromatic carbocycles. The molecule has 0 spiro atoms. The van der Waals surface area contributed by atoms with E-state index in [9.17, 15) is 22.8 Å². The Kier molecular flexibility index (Phi) is 7.87. The van der Waals surface area contributed by atoms with Gasteiger partial charge in [-0.25, -0.2) is 0 Å². The predicted octanol–water partition coefficient (Wildman–Crippen LogP) is 2.75. The van der Waals surface area contributed by atoms with Gasteiger partial charge < -0.3 is 14.6 Å². The van der Waals surface area contributed by atoms with E-state index in [0.29, 0.717) is 36.5 Å². The van der Waals surface area contributed by atoms with Crippen LogP contribution in [0.2, 0.25) is 0 Å². The summed E-state index contributed by atoms with van der Waals surface area (Å²) in [4.78, 5) is 27.0. The second kappa shape index (κ2) is 9.75. The first-order chi connectivity index (χ1) is 13.5. The fourth-order valence-electron chi connectivity index (χ4n) is 3.50. The first-order valence-electron chi connectivity index (χ1n) is 9.96. The number of morpholine rings is 1. The maximum atomic E-state index is 13.4. The van der Waals surface area contributed by atoms with Crippen LogP contribution in [-0.2, 0) is 17.5 Å². The van der Waals surface area contributed by atoms with E-state index in [1.54, 1.807) is 0 Å². The lowest BCUT2D eigenvalue weighted by atomic mass is 10.1. The van der Waals surface area contributed by atoms with Gasteiger partial charge in [-0.15, -0.1) is 0 Å². The summed E-state index contributed by atoms with van der Waals surface area (Å²) in [6.07, 6.45) is -4.03. The number of carbonyl (C=O) groups excluding carboxylic acids is 1. The van der Waals surface area contributed by atoms with E-state index in [4.69, 9.17) is 4.74 Å². The zero-order chi connectivity index (χ0) is 21.8. The molecule has 2 rings (SSSR count). The highest BCUT2D eigenvalue weighted by molar-refractivity contribution is 5.93. The molecule has 2 heterocycles. The minimum Gasteiger partial charge on any atom is -0.373 e. The number of rotatable bonds is 7. The summed E-state index contributed by atoms with van der Waals surface area (Å²) in [6.45, 7) is 9.41. The van der Waals surface area contributed by atoms with Gasteiger partial charge >= 0.3 is 6.18 Å². The lowest BCUT2D eigenvalue weighted by Crippen LogP contribution is -2.47. The zero-order valence-corrected chi connectivity index (χ0v) is 17.4. The minimum absolute atomic E-state index is 0.0318. The number of carbonyl (C=O) groups is 1. The molecule has 2 atom stereocenters. The van der Waals surface area contributed by atoms with Crippen molar-refractivity contribution in [2.75, 3.05) is 26.2 Å². The molecular weight excluding hydrogens is 387 g/mol. The van der Waals surface area contributed by atoms with Crippen LogP contribution in [0.3, 0.4) is 0 Å². The van der Waals surface area contributed by atoms with Crippen molar-refractivity contribution in [3.8, 4) is 0 Å². The standard InChI is InChI=1S/C20H30F3N3O3/c1-13(2)7-8-24-18(27)16-5-6-17(20(21,22)23)26(19(16)28)10-9-25-11-14(3)29-15(4)12-25/h5-6,13-15H,7-12H2,1-4H3,(H,24,27)/t14-,15-/m1/s1. The molecule has 1 amide bonds. The monoisotopic (exact) mass is 417 g/mol. The highest BCUT2D eigenvalue weighted by Crippen LogP contribution is 2.28. The molecule has 6 nitrogen and oxygen atoms in total. The fourth-order valence-corrected chi connectivity index (χ4v) is 3.50. The maximum absolute atomic E-state index is 13.4. The van der Waals surface area contributed by atoms with Crippen molar-refractivity contribution in [1.82, 2.24) is 14.8 Å². The molecule has 164 valence electrons. The van der Waals surface area contributed by atoms with Crippen LogP contribution >= 0.6 is 0 Å². The van der Waals surface area contributed by atoms with Gasteiger partial charge in [0.25, 0.3) is 11.5 Å². The number of ether oxygens (including phenoxy) is 1. The maximum Gasteiger partial charge on any atom is 0.431 e. The van der Waals surface area contributed by atoms with Gasteiger partial charge in [0.15, 0.2) is 0 Å². The van der Waals surface area contributed by atoms with Gasteiger partial charge in [-0.3, -0.25) is 14.5 Å². The molecule has 9 heteroatoms. The Balaban J connectivity index is 2.23. The third-order valence-electron chi connectivity index (χ3n) is 4.85. The molecule has 1 aliphatic heterocycles. The topological polar surface area (TPSA) is 63.6 Å². The number of nitrogens with one attached hydrogen (secondary N) is 1. The number of hydrogen-bond donors (Lipinski definition) is 1. The largest absolute Gasteiger partial charge is 0.431 e. The Bertz CT molecular complexity index is 752. The zero-order valence-electron chi connectivity index (χ0n) is 17.4. The van der Waals surface area contributed by atoms with Crippen LogP contribution in [0.15, 0.2) is 16.9 Å². The van der Waals surface area contributed by atoms with Gasteiger partial charge in [-0.1, -0.05) is 13.8 Å². The van der Waals surface area contributed by atoms with E-state index < -0.39 is 23.3 Å². The fraction of sp³-hybridized carbons (Fsp3) is 0.700. The van der Waals surface area contributed by atoms with E-state index in [1.807, 2.05) is 32.6 Å². The number of nitrogens with zero attached hydrogens (tertiary/aromatic N) is 2. The average Bonchev–Trinajstić information content (AvgIpc) is 2.58. The van der Waals surface area contributed by atoms with Crippen LogP contribution in [0.25, 0.3) is 0 Å².